The van der Waals surface area contributed by atoms with E-state index in [-0.39, 0.29) is 0 Å². The molecule has 24 heavy (non-hydrogen) atoms. The fourth-order valence-corrected chi connectivity index (χ4v) is 2.95. The Morgan fingerprint density at radius 3 is 2.42 bits per heavy atom. The Balaban J connectivity index is 1.85. The minimum Gasteiger partial charge on any atom is -0.335 e. The fourth-order valence-electron chi connectivity index (χ4n) is 2.95. The molecule has 3 heterocycles. The number of para-hydroxylation sites is 3. The van der Waals surface area contributed by atoms with Crippen molar-refractivity contribution >= 4 is 22.2 Å². The van der Waals surface area contributed by atoms with Gasteiger partial charge >= 0.3 is 0 Å². The number of aromatic nitrogens is 5. The number of benzene rings is 2. The lowest BCUT2D eigenvalue weighted by Gasteiger charge is -2.06. The Morgan fingerprint density at radius 1 is 0.750 bits per heavy atom. The zero-order valence-corrected chi connectivity index (χ0v) is 12.7. The highest BCUT2D eigenvalue weighted by Crippen LogP contribution is 2.27. The minimum absolute atomic E-state index is 0.734. The number of hydrogen-bond donors (Lipinski definition) is 1. The van der Waals surface area contributed by atoms with Crippen LogP contribution in [0.2, 0.25) is 0 Å². The number of pyridine rings is 1. The van der Waals surface area contributed by atoms with E-state index in [2.05, 4.69) is 9.97 Å². The molecule has 3 aromatic heterocycles. The van der Waals surface area contributed by atoms with E-state index >= 15 is 0 Å². The average Bonchev–Trinajstić information content (AvgIpc) is 3.23. The standard InChI is InChI=1S/C19H13N5/c1-2-7-13(8-3-1)24-18-16(11-6-12-20-18)23-19(24)17-21-14-9-4-5-10-15(14)22-17/h1-12H,(H,21,22). The zero-order chi connectivity index (χ0) is 15.9. The van der Waals surface area contributed by atoms with Gasteiger partial charge in [-0.25, -0.2) is 15.0 Å². The van der Waals surface area contributed by atoms with Gasteiger partial charge in [-0.15, -0.1) is 0 Å². The maximum atomic E-state index is 4.76. The van der Waals surface area contributed by atoms with Crippen LogP contribution in [0.4, 0.5) is 0 Å². The molecule has 5 rings (SSSR count). The van der Waals surface area contributed by atoms with Gasteiger partial charge in [0.1, 0.15) is 5.52 Å². The first-order valence-corrected chi connectivity index (χ1v) is 7.74. The topological polar surface area (TPSA) is 59.4 Å². The second-order valence-corrected chi connectivity index (χ2v) is 5.56. The van der Waals surface area contributed by atoms with E-state index in [1.807, 2.05) is 71.3 Å². The van der Waals surface area contributed by atoms with Crippen LogP contribution in [0.25, 0.3) is 39.5 Å². The van der Waals surface area contributed by atoms with Gasteiger partial charge < -0.3 is 4.98 Å². The summed E-state index contributed by atoms with van der Waals surface area (Å²) in [5.41, 5.74) is 4.59. The van der Waals surface area contributed by atoms with Crippen LogP contribution in [0.1, 0.15) is 0 Å². The summed E-state index contributed by atoms with van der Waals surface area (Å²) in [4.78, 5) is 17.3. The highest BCUT2D eigenvalue weighted by Gasteiger charge is 2.17. The molecule has 2 aromatic carbocycles. The Hall–Kier alpha value is -3.47. The monoisotopic (exact) mass is 311 g/mol. The number of nitrogens with zero attached hydrogens (tertiary/aromatic N) is 4. The molecular formula is C19H13N5. The van der Waals surface area contributed by atoms with Crippen LogP contribution >= 0.6 is 0 Å². The third kappa shape index (κ3) is 1.91. The first-order valence-electron chi connectivity index (χ1n) is 7.74. The van der Waals surface area contributed by atoms with Gasteiger partial charge in [-0.3, -0.25) is 4.57 Å². The molecule has 5 aromatic rings. The van der Waals surface area contributed by atoms with Crippen molar-refractivity contribution in [2.24, 2.45) is 0 Å². The van der Waals surface area contributed by atoms with Crippen LogP contribution in [-0.2, 0) is 0 Å². The molecule has 0 aliphatic carbocycles. The molecule has 0 bridgehead atoms. The van der Waals surface area contributed by atoms with E-state index in [4.69, 9.17) is 9.97 Å². The second-order valence-electron chi connectivity index (χ2n) is 5.56. The van der Waals surface area contributed by atoms with E-state index in [9.17, 15) is 0 Å². The number of imidazole rings is 2. The summed E-state index contributed by atoms with van der Waals surface area (Å²) in [6, 6.07) is 21.9. The molecule has 0 saturated carbocycles. The van der Waals surface area contributed by atoms with E-state index in [0.717, 1.165) is 39.5 Å². The van der Waals surface area contributed by atoms with Crippen molar-refractivity contribution < 1.29 is 0 Å². The Bertz CT molecular complexity index is 1120. The molecule has 0 atom stereocenters. The third-order valence-corrected chi connectivity index (χ3v) is 4.03. The summed E-state index contributed by atoms with van der Waals surface area (Å²) in [5, 5.41) is 0. The van der Waals surface area contributed by atoms with Crippen molar-refractivity contribution in [3.05, 3.63) is 72.9 Å². The number of hydrogen-bond acceptors (Lipinski definition) is 3. The van der Waals surface area contributed by atoms with Crippen molar-refractivity contribution in [3.8, 4) is 17.3 Å². The summed E-state index contributed by atoms with van der Waals surface area (Å²) < 4.78 is 2.03. The molecule has 0 spiro atoms. The molecular weight excluding hydrogens is 298 g/mol. The van der Waals surface area contributed by atoms with Crippen molar-refractivity contribution in [1.29, 1.82) is 0 Å². The van der Waals surface area contributed by atoms with Gasteiger partial charge in [0.2, 0.25) is 0 Å². The lowest BCUT2D eigenvalue weighted by atomic mass is 10.3. The van der Waals surface area contributed by atoms with Crippen LogP contribution in [0.5, 0.6) is 0 Å². The summed E-state index contributed by atoms with van der Waals surface area (Å²) >= 11 is 0. The number of fused-ring (bicyclic) bond motifs is 2. The number of nitrogens with one attached hydrogen (secondary N) is 1. The zero-order valence-electron chi connectivity index (χ0n) is 12.7. The summed E-state index contributed by atoms with van der Waals surface area (Å²) in [5.74, 6) is 1.49. The largest absolute Gasteiger partial charge is 0.335 e. The van der Waals surface area contributed by atoms with Crippen molar-refractivity contribution in [1.82, 2.24) is 24.5 Å². The first-order chi connectivity index (χ1) is 11.9. The molecule has 0 saturated heterocycles. The van der Waals surface area contributed by atoms with Crippen LogP contribution in [-0.4, -0.2) is 24.5 Å². The van der Waals surface area contributed by atoms with Gasteiger partial charge in [-0.2, -0.15) is 0 Å². The van der Waals surface area contributed by atoms with Gasteiger partial charge in [-0.1, -0.05) is 30.3 Å². The van der Waals surface area contributed by atoms with Gasteiger partial charge in [0.05, 0.1) is 11.0 Å². The van der Waals surface area contributed by atoms with Crippen LogP contribution < -0.4 is 0 Å². The highest BCUT2D eigenvalue weighted by atomic mass is 15.2. The molecule has 1 N–H and O–H groups in total. The molecule has 0 amide bonds. The van der Waals surface area contributed by atoms with Crippen molar-refractivity contribution in [2.45, 2.75) is 0 Å². The minimum atomic E-state index is 0.734. The Labute approximate surface area is 137 Å². The number of aromatic amines is 1. The van der Waals surface area contributed by atoms with Crippen LogP contribution in [0.15, 0.2) is 72.9 Å². The first kappa shape index (κ1) is 13.0. The number of H-pyrrole nitrogens is 1. The van der Waals surface area contributed by atoms with E-state index in [1.165, 1.54) is 0 Å². The van der Waals surface area contributed by atoms with Crippen LogP contribution in [0.3, 0.4) is 0 Å². The van der Waals surface area contributed by atoms with Gasteiger partial charge in [-0.05, 0) is 36.4 Å². The highest BCUT2D eigenvalue weighted by molar-refractivity contribution is 5.82. The van der Waals surface area contributed by atoms with E-state index in [0.29, 0.717) is 0 Å². The third-order valence-electron chi connectivity index (χ3n) is 4.03. The van der Waals surface area contributed by atoms with Crippen LogP contribution in [0, 0.1) is 0 Å². The smallest absolute Gasteiger partial charge is 0.183 e. The molecule has 0 aliphatic rings. The number of rotatable bonds is 2. The van der Waals surface area contributed by atoms with Crippen molar-refractivity contribution in [2.75, 3.05) is 0 Å². The average molecular weight is 311 g/mol. The summed E-state index contributed by atoms with van der Waals surface area (Å²) in [7, 11) is 0. The molecule has 0 fully saturated rings. The Morgan fingerprint density at radius 2 is 1.54 bits per heavy atom. The summed E-state index contributed by atoms with van der Waals surface area (Å²) in [6.45, 7) is 0. The fraction of sp³-hybridized carbons (Fsp3) is 0. The quantitative estimate of drug-likeness (QED) is 0.537. The maximum absolute atomic E-state index is 4.76. The van der Waals surface area contributed by atoms with Gasteiger partial charge in [0.25, 0.3) is 0 Å². The Kier molecular flexibility index (Phi) is 2.72. The van der Waals surface area contributed by atoms with E-state index < -0.39 is 0 Å². The predicted octanol–water partition coefficient (Wildman–Crippen LogP) is 3.96. The SMILES string of the molecule is c1ccc(-n2c(-c3nc4ccccc4[nH]3)nc3cccnc32)cc1. The lowest BCUT2D eigenvalue weighted by molar-refractivity contribution is 1.05. The lowest BCUT2D eigenvalue weighted by Crippen LogP contribution is -1.99. The summed E-state index contributed by atoms with van der Waals surface area (Å²) in [6.07, 6.45) is 1.78. The van der Waals surface area contributed by atoms with Gasteiger partial charge in [0, 0.05) is 11.9 Å². The molecule has 0 aliphatic heterocycles. The molecule has 5 nitrogen and oxygen atoms in total. The van der Waals surface area contributed by atoms with Crippen molar-refractivity contribution in [3.63, 3.8) is 0 Å². The maximum Gasteiger partial charge on any atom is 0.183 e. The molecule has 0 unspecified atom stereocenters. The predicted molar refractivity (Wildman–Crippen MR) is 94.0 cm³/mol. The molecule has 114 valence electrons. The normalized spacial score (nSPS) is 11.3. The second kappa shape index (κ2) is 5.03. The van der Waals surface area contributed by atoms with E-state index in [1.54, 1.807) is 6.20 Å². The molecule has 5 heteroatoms. The molecule has 0 radical (unpaired) electrons. The van der Waals surface area contributed by atoms with Gasteiger partial charge in [0.15, 0.2) is 17.3 Å².